The third-order valence-corrected chi connectivity index (χ3v) is 3.92. The highest BCUT2D eigenvalue weighted by Crippen LogP contribution is 2.29. The smallest absolute Gasteiger partial charge is 0.387 e. The van der Waals surface area contributed by atoms with Gasteiger partial charge in [-0.2, -0.15) is 8.78 Å². The number of hydrogen-bond acceptors (Lipinski definition) is 2. The summed E-state index contributed by atoms with van der Waals surface area (Å²) in [7, 11) is 0. The molecule has 0 saturated carbocycles. The van der Waals surface area contributed by atoms with E-state index in [4.69, 9.17) is 4.98 Å². The molecule has 0 fully saturated rings. The first kappa shape index (κ1) is 15.5. The van der Waals surface area contributed by atoms with E-state index in [1.54, 1.807) is 12.1 Å². The summed E-state index contributed by atoms with van der Waals surface area (Å²) in [5.41, 5.74) is 6.01. The first-order chi connectivity index (χ1) is 11.0. The van der Waals surface area contributed by atoms with Crippen molar-refractivity contribution in [3.63, 3.8) is 0 Å². The number of hydrogen-bond donors (Lipinski definition) is 0. The molecule has 1 aromatic carbocycles. The molecule has 0 aliphatic rings. The molecule has 0 unspecified atom stereocenters. The summed E-state index contributed by atoms with van der Waals surface area (Å²) in [6.45, 7) is 4.23. The standard InChI is InChI=1S/C18H18F2N2O/c1-4-22-10-12(3)17-15(22)9-11(2)16(21-17)13-5-7-14(8-6-13)23-18(19)20/h5-10,18H,4H2,1-3H3. The summed E-state index contributed by atoms with van der Waals surface area (Å²) in [4.78, 5) is 4.79. The number of halogens is 2. The van der Waals surface area contributed by atoms with Crippen LogP contribution in [0.2, 0.25) is 0 Å². The van der Waals surface area contributed by atoms with Crippen LogP contribution in [0.4, 0.5) is 8.78 Å². The lowest BCUT2D eigenvalue weighted by Crippen LogP contribution is -2.01. The van der Waals surface area contributed by atoms with Crippen LogP contribution in [0.1, 0.15) is 18.1 Å². The Morgan fingerprint density at radius 3 is 2.43 bits per heavy atom. The fourth-order valence-corrected chi connectivity index (χ4v) is 2.82. The second-order valence-corrected chi connectivity index (χ2v) is 5.52. The van der Waals surface area contributed by atoms with Gasteiger partial charge in [0.25, 0.3) is 0 Å². The number of rotatable bonds is 4. The monoisotopic (exact) mass is 316 g/mol. The van der Waals surface area contributed by atoms with E-state index in [0.29, 0.717) is 0 Å². The molecule has 0 amide bonds. The van der Waals surface area contributed by atoms with Crippen LogP contribution < -0.4 is 4.74 Å². The van der Waals surface area contributed by atoms with Crippen molar-refractivity contribution < 1.29 is 13.5 Å². The highest BCUT2D eigenvalue weighted by molar-refractivity contribution is 5.84. The molecule has 0 bridgehead atoms. The van der Waals surface area contributed by atoms with E-state index in [9.17, 15) is 8.78 Å². The first-order valence-corrected chi connectivity index (χ1v) is 7.52. The van der Waals surface area contributed by atoms with Crippen LogP contribution in [-0.2, 0) is 6.54 Å². The maximum absolute atomic E-state index is 12.2. The van der Waals surface area contributed by atoms with Crippen molar-refractivity contribution in [1.29, 1.82) is 0 Å². The minimum atomic E-state index is -2.81. The zero-order valence-electron chi connectivity index (χ0n) is 13.3. The summed E-state index contributed by atoms with van der Waals surface area (Å²) in [6.07, 6.45) is 2.10. The van der Waals surface area contributed by atoms with Crippen molar-refractivity contribution in [3.05, 3.63) is 47.7 Å². The topological polar surface area (TPSA) is 27.1 Å². The molecule has 5 heteroatoms. The Balaban J connectivity index is 2.05. The van der Waals surface area contributed by atoms with Crippen molar-refractivity contribution in [1.82, 2.24) is 9.55 Å². The number of ether oxygens (including phenoxy) is 1. The normalized spacial score (nSPS) is 11.4. The zero-order valence-corrected chi connectivity index (χ0v) is 13.3. The van der Waals surface area contributed by atoms with Gasteiger partial charge in [0.15, 0.2) is 0 Å². The van der Waals surface area contributed by atoms with Crippen LogP contribution in [0.25, 0.3) is 22.3 Å². The Morgan fingerprint density at radius 2 is 1.83 bits per heavy atom. The Labute approximate surface area is 133 Å². The number of fused-ring (bicyclic) bond motifs is 1. The highest BCUT2D eigenvalue weighted by Gasteiger charge is 2.12. The molecule has 0 aliphatic carbocycles. The van der Waals surface area contributed by atoms with Crippen molar-refractivity contribution in [3.8, 4) is 17.0 Å². The van der Waals surface area contributed by atoms with Gasteiger partial charge in [0, 0.05) is 18.3 Å². The van der Waals surface area contributed by atoms with Gasteiger partial charge in [-0.1, -0.05) is 0 Å². The zero-order chi connectivity index (χ0) is 16.6. The molecular weight excluding hydrogens is 298 g/mol. The van der Waals surface area contributed by atoms with Crippen LogP contribution >= 0.6 is 0 Å². The van der Waals surface area contributed by atoms with E-state index in [1.165, 1.54) is 12.1 Å². The average Bonchev–Trinajstić information content (AvgIpc) is 2.82. The lowest BCUT2D eigenvalue weighted by atomic mass is 10.1. The van der Waals surface area contributed by atoms with Crippen molar-refractivity contribution in [2.24, 2.45) is 0 Å². The van der Waals surface area contributed by atoms with Crippen LogP contribution in [0.5, 0.6) is 5.75 Å². The molecule has 0 saturated heterocycles. The van der Waals surface area contributed by atoms with Gasteiger partial charge in [-0.15, -0.1) is 0 Å². The van der Waals surface area contributed by atoms with Gasteiger partial charge < -0.3 is 9.30 Å². The Hall–Kier alpha value is -2.43. The maximum Gasteiger partial charge on any atom is 0.387 e. The molecule has 3 rings (SSSR count). The molecule has 2 aromatic heterocycles. The van der Waals surface area contributed by atoms with E-state index in [-0.39, 0.29) is 5.75 Å². The van der Waals surface area contributed by atoms with Crippen molar-refractivity contribution >= 4 is 11.0 Å². The van der Waals surface area contributed by atoms with E-state index < -0.39 is 6.61 Å². The van der Waals surface area contributed by atoms with Crippen LogP contribution in [0.15, 0.2) is 36.5 Å². The molecule has 0 spiro atoms. The molecule has 0 aliphatic heterocycles. The molecule has 3 nitrogen and oxygen atoms in total. The molecule has 23 heavy (non-hydrogen) atoms. The highest BCUT2D eigenvalue weighted by atomic mass is 19.3. The van der Waals surface area contributed by atoms with Gasteiger partial charge in [-0.3, -0.25) is 0 Å². The molecule has 3 aromatic rings. The fourth-order valence-electron chi connectivity index (χ4n) is 2.82. The number of pyridine rings is 1. The number of benzene rings is 1. The third kappa shape index (κ3) is 2.91. The SMILES string of the molecule is CCn1cc(C)c2nc(-c3ccc(OC(F)F)cc3)c(C)cc21. The van der Waals surface area contributed by atoms with Crippen molar-refractivity contribution in [2.75, 3.05) is 0 Å². The summed E-state index contributed by atoms with van der Waals surface area (Å²) in [5, 5.41) is 0. The van der Waals surface area contributed by atoms with E-state index in [1.807, 2.05) is 13.8 Å². The first-order valence-electron chi connectivity index (χ1n) is 7.52. The van der Waals surface area contributed by atoms with E-state index >= 15 is 0 Å². The second kappa shape index (κ2) is 5.99. The largest absolute Gasteiger partial charge is 0.435 e. The van der Waals surface area contributed by atoms with Gasteiger partial charge in [0.2, 0.25) is 0 Å². The predicted octanol–water partition coefficient (Wildman–Crippen LogP) is 4.94. The van der Waals surface area contributed by atoms with Gasteiger partial charge in [-0.05, 0) is 62.2 Å². The summed E-state index contributed by atoms with van der Waals surface area (Å²) < 4.78 is 31.0. The quantitative estimate of drug-likeness (QED) is 0.681. The molecule has 0 atom stereocenters. The molecule has 120 valence electrons. The lowest BCUT2D eigenvalue weighted by Gasteiger charge is -2.09. The van der Waals surface area contributed by atoms with Gasteiger partial charge in [0.05, 0.1) is 16.7 Å². The average molecular weight is 316 g/mol. The maximum atomic E-state index is 12.2. The number of aryl methyl sites for hydroxylation is 3. The van der Waals surface area contributed by atoms with Crippen LogP contribution in [0.3, 0.4) is 0 Å². The second-order valence-electron chi connectivity index (χ2n) is 5.52. The minimum absolute atomic E-state index is 0.149. The Morgan fingerprint density at radius 1 is 1.13 bits per heavy atom. The number of aromatic nitrogens is 2. The van der Waals surface area contributed by atoms with Crippen LogP contribution in [0, 0.1) is 13.8 Å². The minimum Gasteiger partial charge on any atom is -0.435 e. The van der Waals surface area contributed by atoms with Crippen molar-refractivity contribution in [2.45, 2.75) is 33.9 Å². The molecule has 0 N–H and O–H groups in total. The summed E-state index contributed by atoms with van der Waals surface area (Å²) in [6, 6.07) is 8.71. The van der Waals surface area contributed by atoms with E-state index in [0.717, 1.165) is 40.0 Å². The fraction of sp³-hybridized carbons (Fsp3) is 0.278. The third-order valence-electron chi connectivity index (χ3n) is 3.92. The summed E-state index contributed by atoms with van der Waals surface area (Å²) >= 11 is 0. The Bertz CT molecular complexity index is 838. The van der Waals surface area contributed by atoms with E-state index in [2.05, 4.69) is 28.5 Å². The molecule has 2 heterocycles. The summed E-state index contributed by atoms with van der Waals surface area (Å²) in [5.74, 6) is 0.149. The van der Waals surface area contributed by atoms with Gasteiger partial charge >= 0.3 is 6.61 Å². The molecular formula is C18H18F2N2O. The predicted molar refractivity (Wildman–Crippen MR) is 86.9 cm³/mol. The number of alkyl halides is 2. The van der Waals surface area contributed by atoms with Gasteiger partial charge in [-0.25, -0.2) is 4.98 Å². The van der Waals surface area contributed by atoms with Crippen LogP contribution in [-0.4, -0.2) is 16.2 Å². The van der Waals surface area contributed by atoms with Gasteiger partial charge in [0.1, 0.15) is 5.75 Å². The molecule has 0 radical (unpaired) electrons. The Kier molecular flexibility index (Phi) is 4.03. The lowest BCUT2D eigenvalue weighted by molar-refractivity contribution is -0.0498. The number of nitrogens with zero attached hydrogens (tertiary/aromatic N) is 2.